The van der Waals surface area contributed by atoms with Crippen LogP contribution in [-0.2, 0) is 11.0 Å². The summed E-state index contributed by atoms with van der Waals surface area (Å²) in [6, 6.07) is 6.37. The molecule has 132 valence electrons. The average molecular weight is 358 g/mol. The zero-order valence-corrected chi connectivity index (χ0v) is 14.3. The van der Waals surface area contributed by atoms with E-state index >= 15 is 0 Å². The predicted octanol–water partition coefficient (Wildman–Crippen LogP) is 3.54. The molecule has 1 aromatic carbocycles. The Kier molecular flexibility index (Phi) is 5.11. The maximum absolute atomic E-state index is 12.7. The number of alkyl halides is 3. The molecule has 1 aromatic rings. The molecule has 2 heterocycles. The third-order valence-corrected chi connectivity index (χ3v) is 5.89. The van der Waals surface area contributed by atoms with E-state index in [4.69, 9.17) is 0 Å². The number of carbonyl (C=O) groups excluding carboxylic acids is 1. The summed E-state index contributed by atoms with van der Waals surface area (Å²) in [4.78, 5) is 14.6. The van der Waals surface area contributed by atoms with Gasteiger partial charge in [-0.15, -0.1) is 11.8 Å². The van der Waals surface area contributed by atoms with Crippen LogP contribution in [0.1, 0.15) is 31.2 Å². The fourth-order valence-corrected chi connectivity index (χ4v) is 4.44. The van der Waals surface area contributed by atoms with Crippen LogP contribution in [-0.4, -0.2) is 41.7 Å². The molecule has 2 aliphatic rings. The van der Waals surface area contributed by atoms with E-state index in [1.807, 2.05) is 7.05 Å². The second-order valence-electron chi connectivity index (χ2n) is 6.58. The van der Waals surface area contributed by atoms with E-state index in [2.05, 4.69) is 5.32 Å². The molecule has 2 unspecified atom stereocenters. The van der Waals surface area contributed by atoms with Gasteiger partial charge in [0.2, 0.25) is 5.91 Å². The molecular formula is C17H21F3N2OS. The summed E-state index contributed by atoms with van der Waals surface area (Å²) in [6.07, 6.45) is -0.0873. The molecule has 1 amide bonds. The molecule has 0 aliphatic carbocycles. The molecule has 2 atom stereocenters. The van der Waals surface area contributed by atoms with Crippen LogP contribution in [0.2, 0.25) is 0 Å². The number of benzene rings is 1. The van der Waals surface area contributed by atoms with Gasteiger partial charge in [0.1, 0.15) is 0 Å². The highest BCUT2D eigenvalue weighted by molar-refractivity contribution is 8.00. The molecule has 0 spiro atoms. The minimum atomic E-state index is -4.36. The van der Waals surface area contributed by atoms with Gasteiger partial charge < -0.3 is 10.2 Å². The molecule has 2 aliphatic heterocycles. The van der Waals surface area contributed by atoms with E-state index < -0.39 is 11.7 Å². The normalized spacial score (nSPS) is 26.4. The van der Waals surface area contributed by atoms with Crippen LogP contribution in [0.5, 0.6) is 0 Å². The summed E-state index contributed by atoms with van der Waals surface area (Å²) in [6.45, 7) is 0. The van der Waals surface area contributed by atoms with Gasteiger partial charge in [0.05, 0.1) is 11.3 Å². The number of nitrogens with zero attached hydrogens (tertiary/aromatic N) is 1. The maximum atomic E-state index is 12.7. The lowest BCUT2D eigenvalue weighted by atomic mass is 9.98. The number of fused-ring (bicyclic) bond motifs is 2. The Morgan fingerprint density at radius 3 is 2.58 bits per heavy atom. The van der Waals surface area contributed by atoms with Crippen molar-refractivity contribution in [2.45, 2.75) is 54.9 Å². The minimum absolute atomic E-state index is 0.0243. The van der Waals surface area contributed by atoms with Crippen molar-refractivity contribution < 1.29 is 18.0 Å². The molecule has 2 bridgehead atoms. The number of nitrogens with one attached hydrogen (secondary N) is 1. The molecule has 3 nitrogen and oxygen atoms in total. The summed E-state index contributed by atoms with van der Waals surface area (Å²) >= 11 is 1.16. The number of carbonyl (C=O) groups is 1. The summed E-state index contributed by atoms with van der Waals surface area (Å²) < 4.78 is 38.2. The van der Waals surface area contributed by atoms with Crippen LogP contribution in [0.15, 0.2) is 29.2 Å². The monoisotopic (exact) mass is 358 g/mol. The van der Waals surface area contributed by atoms with Crippen molar-refractivity contribution in [2.24, 2.45) is 0 Å². The van der Waals surface area contributed by atoms with E-state index in [-0.39, 0.29) is 17.7 Å². The molecule has 3 rings (SSSR count). The highest BCUT2D eigenvalue weighted by atomic mass is 32.2. The lowest BCUT2D eigenvalue weighted by molar-refractivity contribution is -0.137. The van der Waals surface area contributed by atoms with E-state index in [1.54, 1.807) is 11.0 Å². The Morgan fingerprint density at radius 2 is 1.96 bits per heavy atom. The van der Waals surface area contributed by atoms with Crippen molar-refractivity contribution in [3.8, 4) is 0 Å². The zero-order chi connectivity index (χ0) is 17.3. The van der Waals surface area contributed by atoms with Crippen LogP contribution in [0.3, 0.4) is 0 Å². The number of hydrogen-bond donors (Lipinski definition) is 1. The first kappa shape index (κ1) is 17.6. The molecule has 1 N–H and O–H groups in total. The number of rotatable bonds is 4. The van der Waals surface area contributed by atoms with Gasteiger partial charge >= 0.3 is 6.18 Å². The van der Waals surface area contributed by atoms with E-state index in [0.717, 1.165) is 36.7 Å². The predicted molar refractivity (Wildman–Crippen MR) is 87.9 cm³/mol. The fourth-order valence-electron chi connectivity index (χ4n) is 3.56. The van der Waals surface area contributed by atoms with Crippen LogP contribution in [0, 0.1) is 0 Å². The SMILES string of the molecule is CN(C(=O)CSc1cccc(C(F)(F)F)c1)C1CC2CCC(C1)N2. The Hall–Kier alpha value is -1.21. The molecule has 24 heavy (non-hydrogen) atoms. The van der Waals surface area contributed by atoms with Gasteiger partial charge in [0, 0.05) is 30.1 Å². The van der Waals surface area contributed by atoms with Gasteiger partial charge in [0.25, 0.3) is 0 Å². The first-order valence-corrected chi connectivity index (χ1v) is 9.13. The van der Waals surface area contributed by atoms with Crippen LogP contribution in [0.4, 0.5) is 13.2 Å². The minimum Gasteiger partial charge on any atom is -0.342 e. The molecule has 2 fully saturated rings. The average Bonchev–Trinajstić information content (AvgIpc) is 2.89. The Morgan fingerprint density at radius 1 is 1.29 bits per heavy atom. The van der Waals surface area contributed by atoms with Crippen molar-refractivity contribution in [2.75, 3.05) is 12.8 Å². The molecule has 0 saturated carbocycles. The van der Waals surface area contributed by atoms with Crippen molar-refractivity contribution >= 4 is 17.7 Å². The summed E-state index contributed by atoms with van der Waals surface area (Å²) in [5.74, 6) is 0.139. The third-order valence-electron chi connectivity index (χ3n) is 4.91. The smallest absolute Gasteiger partial charge is 0.342 e. The quantitative estimate of drug-likeness (QED) is 0.836. The van der Waals surface area contributed by atoms with Crippen LogP contribution in [0.25, 0.3) is 0 Å². The highest BCUT2D eigenvalue weighted by Gasteiger charge is 2.36. The maximum Gasteiger partial charge on any atom is 0.416 e. The van der Waals surface area contributed by atoms with Gasteiger partial charge in [-0.05, 0) is 43.9 Å². The number of hydrogen-bond acceptors (Lipinski definition) is 3. The molecule has 0 aromatic heterocycles. The first-order valence-electron chi connectivity index (χ1n) is 8.14. The lowest BCUT2D eigenvalue weighted by Gasteiger charge is -2.35. The highest BCUT2D eigenvalue weighted by Crippen LogP contribution is 2.32. The van der Waals surface area contributed by atoms with E-state index in [0.29, 0.717) is 17.0 Å². The largest absolute Gasteiger partial charge is 0.416 e. The summed E-state index contributed by atoms with van der Waals surface area (Å²) in [5.41, 5.74) is -0.678. The lowest BCUT2D eigenvalue weighted by Crippen LogP contribution is -2.49. The number of halogens is 3. The van der Waals surface area contributed by atoms with Gasteiger partial charge in [0.15, 0.2) is 0 Å². The van der Waals surface area contributed by atoms with Crippen molar-refractivity contribution in [3.63, 3.8) is 0 Å². The first-order chi connectivity index (χ1) is 11.3. The van der Waals surface area contributed by atoms with Gasteiger partial charge in [-0.2, -0.15) is 13.2 Å². The summed E-state index contributed by atoms with van der Waals surface area (Å²) in [7, 11) is 1.81. The number of amides is 1. The van der Waals surface area contributed by atoms with Gasteiger partial charge in [-0.1, -0.05) is 6.07 Å². The third kappa shape index (κ3) is 4.06. The van der Waals surface area contributed by atoms with Gasteiger partial charge in [-0.25, -0.2) is 0 Å². The van der Waals surface area contributed by atoms with Crippen molar-refractivity contribution in [1.29, 1.82) is 0 Å². The molecule has 7 heteroatoms. The molecule has 2 saturated heterocycles. The molecular weight excluding hydrogens is 337 g/mol. The van der Waals surface area contributed by atoms with Crippen LogP contribution < -0.4 is 5.32 Å². The molecule has 0 radical (unpaired) electrons. The van der Waals surface area contributed by atoms with Crippen molar-refractivity contribution in [3.05, 3.63) is 29.8 Å². The van der Waals surface area contributed by atoms with Crippen molar-refractivity contribution in [1.82, 2.24) is 10.2 Å². The van der Waals surface area contributed by atoms with E-state index in [9.17, 15) is 18.0 Å². The Balaban J connectivity index is 1.55. The number of thioether (sulfide) groups is 1. The second-order valence-corrected chi connectivity index (χ2v) is 7.63. The Labute approximate surface area is 144 Å². The zero-order valence-electron chi connectivity index (χ0n) is 13.5. The standard InChI is InChI=1S/C17H21F3N2OS/c1-22(14-8-12-5-6-13(9-14)21-12)16(23)10-24-15-4-2-3-11(7-15)17(18,19)20/h2-4,7,12-14,21H,5-6,8-10H2,1H3. The topological polar surface area (TPSA) is 32.3 Å². The fraction of sp³-hybridized carbons (Fsp3) is 0.588. The van der Waals surface area contributed by atoms with Gasteiger partial charge in [-0.3, -0.25) is 4.79 Å². The van der Waals surface area contributed by atoms with E-state index in [1.165, 1.54) is 18.9 Å². The number of piperidine rings is 1. The van der Waals surface area contributed by atoms with Crippen LogP contribution >= 0.6 is 11.8 Å². The Bertz CT molecular complexity index is 596. The second kappa shape index (κ2) is 6.96. The summed E-state index contributed by atoms with van der Waals surface area (Å²) in [5, 5.41) is 3.54.